The van der Waals surface area contributed by atoms with E-state index in [1.807, 2.05) is 72.8 Å². The Labute approximate surface area is 163 Å². The molecule has 3 aromatic rings. The highest BCUT2D eigenvalue weighted by Gasteiger charge is 2.39. The molecule has 26 heavy (non-hydrogen) atoms. The Kier molecular flexibility index (Phi) is 4.81. The number of hydrogen-bond donors (Lipinski definition) is 0. The first-order valence-corrected chi connectivity index (χ1v) is 10.2. The van der Waals surface area contributed by atoms with Gasteiger partial charge in [0.25, 0.3) is 0 Å². The molecule has 0 aliphatic carbocycles. The van der Waals surface area contributed by atoms with E-state index in [1.54, 1.807) is 12.1 Å². The maximum atomic E-state index is 13.4. The molecule has 0 fully saturated rings. The van der Waals surface area contributed by atoms with Crippen LogP contribution in [0.3, 0.4) is 0 Å². The number of ketones is 1. The summed E-state index contributed by atoms with van der Waals surface area (Å²) in [5.41, 5.74) is 2.88. The highest BCUT2D eigenvalue weighted by molar-refractivity contribution is 9.10. The largest absolute Gasteiger partial charge is 0.611 e. The summed E-state index contributed by atoms with van der Waals surface area (Å²) in [6.45, 7) is 0. The highest BCUT2D eigenvalue weighted by atomic mass is 79.9. The van der Waals surface area contributed by atoms with Gasteiger partial charge in [-0.15, -0.1) is 0 Å². The minimum absolute atomic E-state index is 0.0848. The first kappa shape index (κ1) is 17.3. The average molecular weight is 423 g/mol. The standard InChI is InChI=1S/C22H15BrO2S/c23-18-11-12-20-17(13-18)14-19(21(24)15-7-3-1-4-8-15)22(26(20)25)16-9-5-2-6-10-16/h1-14,22H. The molecule has 4 heteroatoms. The molecule has 0 spiro atoms. The van der Waals surface area contributed by atoms with E-state index in [1.165, 1.54) is 0 Å². The summed E-state index contributed by atoms with van der Waals surface area (Å²) < 4.78 is 14.3. The Balaban J connectivity index is 1.89. The number of carbonyl (C=O) groups excluding carboxylic acids is 1. The van der Waals surface area contributed by atoms with E-state index in [0.29, 0.717) is 11.1 Å². The van der Waals surface area contributed by atoms with Gasteiger partial charge in [0.05, 0.1) is 5.57 Å². The number of benzene rings is 3. The quantitative estimate of drug-likeness (QED) is 0.408. The van der Waals surface area contributed by atoms with Crippen molar-refractivity contribution in [2.45, 2.75) is 10.1 Å². The van der Waals surface area contributed by atoms with Crippen LogP contribution in [0.2, 0.25) is 0 Å². The lowest BCUT2D eigenvalue weighted by Crippen LogP contribution is -2.24. The van der Waals surface area contributed by atoms with Crippen molar-refractivity contribution in [1.29, 1.82) is 0 Å². The molecule has 1 heterocycles. The summed E-state index contributed by atoms with van der Waals surface area (Å²) in [5, 5.41) is -0.474. The average Bonchev–Trinajstić information content (AvgIpc) is 2.68. The SMILES string of the molecule is O=C(C1=Cc2cc(Br)ccc2[S+]([O-])C1c1ccccc1)c1ccccc1. The third-order valence-electron chi connectivity index (χ3n) is 4.40. The lowest BCUT2D eigenvalue weighted by molar-refractivity contribution is 0.103. The Bertz CT molecular complexity index is 984. The van der Waals surface area contributed by atoms with Crippen LogP contribution in [0.25, 0.3) is 6.08 Å². The lowest BCUT2D eigenvalue weighted by atomic mass is 9.94. The van der Waals surface area contributed by atoms with Gasteiger partial charge in [0.2, 0.25) is 0 Å². The van der Waals surface area contributed by atoms with E-state index in [4.69, 9.17) is 0 Å². The van der Waals surface area contributed by atoms with Crippen LogP contribution >= 0.6 is 15.9 Å². The molecule has 0 amide bonds. The smallest absolute Gasteiger partial charge is 0.194 e. The third kappa shape index (κ3) is 3.16. The fourth-order valence-electron chi connectivity index (χ4n) is 3.17. The van der Waals surface area contributed by atoms with Gasteiger partial charge in [0, 0.05) is 21.2 Å². The molecule has 128 valence electrons. The molecule has 2 atom stereocenters. The van der Waals surface area contributed by atoms with Crippen molar-refractivity contribution in [3.63, 3.8) is 0 Å². The predicted octanol–water partition coefficient (Wildman–Crippen LogP) is 5.58. The zero-order valence-electron chi connectivity index (χ0n) is 13.8. The van der Waals surface area contributed by atoms with Crippen LogP contribution in [-0.2, 0) is 11.2 Å². The topological polar surface area (TPSA) is 40.1 Å². The van der Waals surface area contributed by atoms with Gasteiger partial charge in [-0.05, 0) is 35.5 Å². The molecule has 0 N–H and O–H groups in total. The second kappa shape index (κ2) is 7.23. The molecule has 2 nitrogen and oxygen atoms in total. The second-order valence-corrected chi connectivity index (χ2v) is 8.49. The zero-order valence-corrected chi connectivity index (χ0v) is 16.2. The predicted molar refractivity (Wildman–Crippen MR) is 108 cm³/mol. The summed E-state index contributed by atoms with van der Waals surface area (Å²) in [7, 11) is 0. The Morgan fingerprint density at radius 2 is 1.58 bits per heavy atom. The summed E-state index contributed by atoms with van der Waals surface area (Å²) >= 11 is 2.11. The van der Waals surface area contributed by atoms with E-state index in [9.17, 15) is 9.35 Å². The number of hydrogen-bond acceptors (Lipinski definition) is 2. The zero-order chi connectivity index (χ0) is 18.1. The van der Waals surface area contributed by atoms with Gasteiger partial charge in [-0.3, -0.25) is 4.79 Å². The number of Topliss-reactive ketones (excluding diaryl/α,β-unsaturated/α-hetero) is 1. The molecule has 3 aromatic carbocycles. The minimum atomic E-state index is -1.35. The summed E-state index contributed by atoms with van der Waals surface area (Å²) in [5.74, 6) is -0.0848. The van der Waals surface area contributed by atoms with Gasteiger partial charge in [-0.25, -0.2) is 0 Å². The van der Waals surface area contributed by atoms with Crippen LogP contribution in [0, 0.1) is 0 Å². The van der Waals surface area contributed by atoms with Crippen LogP contribution in [0.4, 0.5) is 0 Å². The van der Waals surface area contributed by atoms with Gasteiger partial charge in [-0.2, -0.15) is 0 Å². The van der Waals surface area contributed by atoms with Gasteiger partial charge in [0.15, 0.2) is 15.9 Å². The molecule has 1 aliphatic heterocycles. The first-order valence-electron chi connectivity index (χ1n) is 8.21. The molecule has 2 unspecified atom stereocenters. The van der Waals surface area contributed by atoms with Crippen molar-refractivity contribution in [3.8, 4) is 0 Å². The van der Waals surface area contributed by atoms with E-state index >= 15 is 0 Å². The van der Waals surface area contributed by atoms with E-state index in [-0.39, 0.29) is 5.78 Å². The van der Waals surface area contributed by atoms with Crippen LogP contribution in [0.5, 0.6) is 0 Å². The Hall–Kier alpha value is -2.14. The molecule has 0 aromatic heterocycles. The lowest BCUT2D eigenvalue weighted by Gasteiger charge is -2.28. The molecular formula is C22H15BrO2S. The Morgan fingerprint density at radius 3 is 2.27 bits per heavy atom. The van der Waals surface area contributed by atoms with Gasteiger partial charge in [-0.1, -0.05) is 76.6 Å². The van der Waals surface area contributed by atoms with Crippen LogP contribution in [-0.4, -0.2) is 10.3 Å². The van der Waals surface area contributed by atoms with Gasteiger partial charge >= 0.3 is 0 Å². The Morgan fingerprint density at radius 1 is 0.923 bits per heavy atom. The molecular weight excluding hydrogens is 408 g/mol. The number of fused-ring (bicyclic) bond motifs is 1. The minimum Gasteiger partial charge on any atom is -0.611 e. The van der Waals surface area contributed by atoms with Crippen molar-refractivity contribution in [3.05, 3.63) is 106 Å². The van der Waals surface area contributed by atoms with Crippen LogP contribution < -0.4 is 0 Å². The molecule has 4 rings (SSSR count). The monoisotopic (exact) mass is 422 g/mol. The van der Waals surface area contributed by atoms with Crippen LogP contribution in [0.1, 0.15) is 26.7 Å². The molecule has 0 radical (unpaired) electrons. The fraction of sp³-hybridized carbons (Fsp3) is 0.0455. The van der Waals surface area contributed by atoms with Gasteiger partial charge in [0.1, 0.15) is 0 Å². The number of rotatable bonds is 3. The molecule has 0 saturated carbocycles. The second-order valence-electron chi connectivity index (χ2n) is 6.07. The number of carbonyl (C=O) groups is 1. The molecule has 0 bridgehead atoms. The van der Waals surface area contributed by atoms with E-state index in [2.05, 4.69) is 15.9 Å². The van der Waals surface area contributed by atoms with Crippen molar-refractivity contribution in [2.75, 3.05) is 0 Å². The summed E-state index contributed by atoms with van der Waals surface area (Å²) in [6, 6.07) is 24.4. The maximum absolute atomic E-state index is 13.4. The third-order valence-corrected chi connectivity index (χ3v) is 6.65. The molecule has 1 aliphatic rings. The molecule has 0 saturated heterocycles. The first-order chi connectivity index (χ1) is 12.6. The van der Waals surface area contributed by atoms with E-state index < -0.39 is 16.4 Å². The van der Waals surface area contributed by atoms with Crippen LogP contribution in [0.15, 0.2) is 93.8 Å². The number of halogens is 1. The summed E-state index contributed by atoms with van der Waals surface area (Å²) in [4.78, 5) is 14.0. The highest BCUT2D eigenvalue weighted by Crippen LogP contribution is 2.43. The van der Waals surface area contributed by atoms with Crippen molar-refractivity contribution < 1.29 is 9.35 Å². The fourth-order valence-corrected chi connectivity index (χ4v) is 5.17. The normalized spacial score (nSPS) is 18.8. The van der Waals surface area contributed by atoms with Crippen molar-refractivity contribution in [2.24, 2.45) is 0 Å². The van der Waals surface area contributed by atoms with Gasteiger partial charge < -0.3 is 4.55 Å². The van der Waals surface area contributed by atoms with Crippen molar-refractivity contribution >= 4 is 39.0 Å². The maximum Gasteiger partial charge on any atom is 0.194 e. The summed E-state index contributed by atoms with van der Waals surface area (Å²) in [6.07, 6.45) is 1.88. The van der Waals surface area contributed by atoms with E-state index in [0.717, 1.165) is 20.5 Å². The van der Waals surface area contributed by atoms with Crippen molar-refractivity contribution in [1.82, 2.24) is 0 Å².